The van der Waals surface area contributed by atoms with E-state index < -0.39 is 0 Å². The Morgan fingerprint density at radius 3 is 1.94 bits per heavy atom. The number of aromatic nitrogens is 2. The molecule has 2 N–H and O–H groups in total. The normalized spacial score (nSPS) is 11.1. The average molecular weight is 642 g/mol. The topological polar surface area (TPSA) is 103 Å². The van der Waals surface area contributed by atoms with Gasteiger partial charge in [-0.1, -0.05) is 23.8 Å². The Labute approximate surface area is 218 Å². The van der Waals surface area contributed by atoms with Gasteiger partial charge in [-0.15, -0.1) is 23.8 Å². The van der Waals surface area contributed by atoms with Gasteiger partial charge in [-0.25, -0.2) is 15.0 Å². The van der Waals surface area contributed by atoms with Gasteiger partial charge in [0.05, 0.1) is 43.3 Å². The minimum atomic E-state index is -0.375. The Kier molecular flexibility index (Phi) is 11.4. The van der Waals surface area contributed by atoms with E-state index in [0.717, 1.165) is 0 Å². The molecular formula is C26H21IrN6O2-. The third kappa shape index (κ3) is 8.40. The van der Waals surface area contributed by atoms with Crippen LogP contribution in [0.4, 0.5) is 17.1 Å². The number of benzene rings is 2. The van der Waals surface area contributed by atoms with E-state index in [1.807, 2.05) is 6.07 Å². The molecule has 2 atom stereocenters. The van der Waals surface area contributed by atoms with Crippen molar-refractivity contribution >= 4 is 17.1 Å². The van der Waals surface area contributed by atoms with Gasteiger partial charge < -0.3 is 10.2 Å². The van der Waals surface area contributed by atoms with E-state index in [1.54, 1.807) is 45.2 Å². The van der Waals surface area contributed by atoms with E-state index in [9.17, 15) is 5.26 Å². The molecule has 0 spiro atoms. The Morgan fingerprint density at radius 1 is 0.943 bits per heavy atom. The average Bonchev–Trinajstić information content (AvgIpc) is 2.82. The summed E-state index contributed by atoms with van der Waals surface area (Å²) in [6, 6.07) is 12.8. The summed E-state index contributed by atoms with van der Waals surface area (Å²) in [5.74, 6) is 0. The van der Waals surface area contributed by atoms with E-state index in [2.05, 4.69) is 30.6 Å². The van der Waals surface area contributed by atoms with Crippen molar-refractivity contribution in [2.24, 2.45) is 0 Å². The van der Waals surface area contributed by atoms with Crippen molar-refractivity contribution < 1.29 is 30.3 Å². The van der Waals surface area contributed by atoms with Gasteiger partial charge in [0.2, 0.25) is 0 Å². The third-order valence-electron chi connectivity index (χ3n) is 4.37. The van der Waals surface area contributed by atoms with Crippen molar-refractivity contribution in [2.45, 2.75) is 39.4 Å². The van der Waals surface area contributed by atoms with Crippen LogP contribution in [0.1, 0.15) is 31.5 Å². The number of aliphatic hydroxyl groups excluding tert-OH is 2. The summed E-state index contributed by atoms with van der Waals surface area (Å²) < 4.78 is 0. The van der Waals surface area contributed by atoms with Crippen LogP contribution in [0.15, 0.2) is 36.5 Å². The van der Waals surface area contributed by atoms with E-state index in [1.165, 1.54) is 12.1 Å². The first-order valence-electron chi connectivity index (χ1n) is 10.2. The third-order valence-corrected chi connectivity index (χ3v) is 4.37. The molecule has 9 heteroatoms. The number of nitrogens with zero attached hydrogens (tertiary/aromatic N) is 6. The van der Waals surface area contributed by atoms with Crippen molar-refractivity contribution in [1.29, 1.82) is 5.26 Å². The molecule has 0 aliphatic carbocycles. The number of hydrogen-bond acceptors (Lipinski definition) is 5. The molecule has 2 aromatic carbocycles. The SMILES string of the molecule is CC(O)CC(C)O.[C-]#[N+]c1cc(C#N)[c-]c(-c2ncc(C)nc2-c2cc([N+]#[C-])cc([N+]#[C-])c2)c1.[Ir]. The van der Waals surface area contributed by atoms with Gasteiger partial charge in [-0.3, -0.25) is 14.8 Å². The molecule has 1 heterocycles. The fourth-order valence-corrected chi connectivity index (χ4v) is 3.04. The largest absolute Gasteiger partial charge is 0.393 e. The van der Waals surface area contributed by atoms with Gasteiger partial charge in [-0.2, -0.15) is 0 Å². The second-order valence-electron chi connectivity index (χ2n) is 7.49. The first-order valence-corrected chi connectivity index (χ1v) is 10.2. The minimum absolute atomic E-state index is 0. The van der Waals surface area contributed by atoms with E-state index in [-0.39, 0.29) is 37.9 Å². The van der Waals surface area contributed by atoms with Crippen LogP contribution >= 0.6 is 0 Å². The zero-order valence-corrected chi connectivity index (χ0v) is 21.6. The number of aliphatic hydroxyl groups is 2. The summed E-state index contributed by atoms with van der Waals surface area (Å²) in [4.78, 5) is 19.2. The molecule has 1 aromatic heterocycles. The predicted octanol–water partition coefficient (Wildman–Crippen LogP) is 5.58. The van der Waals surface area contributed by atoms with Gasteiger partial charge in [0.15, 0.2) is 11.4 Å². The van der Waals surface area contributed by atoms with Crippen molar-refractivity contribution in [3.63, 3.8) is 0 Å². The first kappa shape index (κ1) is 29.1. The molecule has 0 fully saturated rings. The molecule has 0 saturated carbocycles. The van der Waals surface area contributed by atoms with Gasteiger partial charge in [0.1, 0.15) is 5.69 Å². The standard InChI is InChI=1S/C21H9N6.C5H12O2.Ir/c1-13-12-26-20(15-5-14(11-22)6-17(7-15)23-2)21(27-13)16-8-18(24-3)10-19(9-16)25-4;1-4(6)3-5(2)7;/h6-10,12H,1H3;4-7H,3H2,1-2H3;/q-1;;. The van der Waals surface area contributed by atoms with Gasteiger partial charge in [-0.05, 0) is 38.8 Å². The van der Waals surface area contributed by atoms with Crippen molar-refractivity contribution in [3.8, 4) is 28.6 Å². The first-order chi connectivity index (χ1) is 16.2. The number of rotatable bonds is 4. The van der Waals surface area contributed by atoms with Crippen molar-refractivity contribution in [2.75, 3.05) is 0 Å². The van der Waals surface area contributed by atoms with E-state index in [4.69, 9.17) is 29.9 Å². The van der Waals surface area contributed by atoms with Crippen LogP contribution in [0.3, 0.4) is 0 Å². The summed E-state index contributed by atoms with van der Waals surface area (Å²) in [7, 11) is 0. The molecular weight excluding hydrogens is 621 g/mol. The van der Waals surface area contributed by atoms with E-state index in [0.29, 0.717) is 51.7 Å². The van der Waals surface area contributed by atoms with Crippen LogP contribution in [0.2, 0.25) is 0 Å². The monoisotopic (exact) mass is 642 g/mol. The molecule has 1 radical (unpaired) electrons. The zero-order chi connectivity index (χ0) is 25.3. The summed E-state index contributed by atoms with van der Waals surface area (Å²) in [6.07, 6.45) is 1.30. The van der Waals surface area contributed by atoms with Gasteiger partial charge in [0.25, 0.3) is 0 Å². The zero-order valence-electron chi connectivity index (χ0n) is 19.2. The predicted molar refractivity (Wildman–Crippen MR) is 128 cm³/mol. The maximum atomic E-state index is 9.21. The summed E-state index contributed by atoms with van der Waals surface area (Å²) >= 11 is 0. The second-order valence-corrected chi connectivity index (χ2v) is 7.49. The van der Waals surface area contributed by atoms with Crippen LogP contribution in [-0.2, 0) is 20.1 Å². The maximum Gasteiger partial charge on any atom is 0.177 e. The van der Waals surface area contributed by atoms with Crippen LogP contribution in [0.25, 0.3) is 37.0 Å². The summed E-state index contributed by atoms with van der Waals surface area (Å²) in [6.45, 7) is 26.8. The molecule has 35 heavy (non-hydrogen) atoms. The summed E-state index contributed by atoms with van der Waals surface area (Å²) in [5.41, 5.74) is 3.75. The molecule has 3 aromatic rings. The molecule has 0 bridgehead atoms. The Balaban J connectivity index is 0.000000672. The van der Waals surface area contributed by atoms with Crippen molar-refractivity contribution in [1.82, 2.24) is 9.97 Å². The van der Waals surface area contributed by atoms with Crippen molar-refractivity contribution in [3.05, 3.63) is 88.1 Å². The molecule has 0 saturated heterocycles. The molecule has 0 aliphatic heterocycles. The number of aryl methyl sites for hydroxylation is 1. The van der Waals surface area contributed by atoms with Crippen LogP contribution < -0.4 is 0 Å². The number of hydrogen-bond donors (Lipinski definition) is 2. The molecule has 0 amide bonds. The van der Waals surface area contributed by atoms with E-state index >= 15 is 0 Å². The van der Waals surface area contributed by atoms with Crippen LogP contribution in [0.5, 0.6) is 0 Å². The number of nitriles is 1. The molecule has 2 unspecified atom stereocenters. The smallest absolute Gasteiger partial charge is 0.177 e. The Hall–Kier alpha value is -3.95. The van der Waals surface area contributed by atoms with Gasteiger partial charge in [0, 0.05) is 32.0 Å². The molecule has 3 rings (SSSR count). The minimum Gasteiger partial charge on any atom is -0.393 e. The Bertz CT molecular complexity index is 1290. The van der Waals surface area contributed by atoms with Gasteiger partial charge >= 0.3 is 0 Å². The molecule has 177 valence electrons. The fourth-order valence-electron chi connectivity index (χ4n) is 3.04. The maximum absolute atomic E-state index is 9.21. The molecule has 0 aliphatic rings. The Morgan fingerprint density at radius 2 is 1.49 bits per heavy atom. The fraction of sp³-hybridized carbons (Fsp3) is 0.231. The second kappa shape index (κ2) is 13.7. The summed E-state index contributed by atoms with van der Waals surface area (Å²) in [5, 5.41) is 26.3. The van der Waals surface area contributed by atoms with Crippen LogP contribution in [-0.4, -0.2) is 32.4 Å². The molecule has 8 nitrogen and oxygen atoms in total. The quantitative estimate of drug-likeness (QED) is 0.363. The van der Waals surface area contributed by atoms with Crippen LogP contribution in [0, 0.1) is 44.0 Å².